The van der Waals surface area contributed by atoms with Gasteiger partial charge >= 0.3 is 6.01 Å². The zero-order chi connectivity index (χ0) is 26.7. The molecule has 0 radical (unpaired) electrons. The fourth-order valence-corrected chi connectivity index (χ4v) is 7.50. The Bertz CT molecular complexity index is 1530. The fraction of sp³-hybridized carbons (Fsp3) is 0.483. The molecule has 2 bridgehead atoms. The number of thiophene rings is 1. The van der Waals surface area contributed by atoms with Gasteiger partial charge in [-0.3, -0.25) is 9.88 Å². The molecule has 3 saturated heterocycles. The number of likely N-dealkylation sites (tertiary alicyclic amines) is 1. The average Bonchev–Trinajstić information content (AvgIpc) is 3.65. The Morgan fingerprint density at radius 3 is 2.77 bits per heavy atom. The minimum Gasteiger partial charge on any atom is -0.508 e. The molecule has 0 aliphatic carbocycles. The van der Waals surface area contributed by atoms with Crippen LogP contribution in [0.25, 0.3) is 32.2 Å². The van der Waals surface area contributed by atoms with Crippen molar-refractivity contribution in [2.24, 2.45) is 0 Å². The molecule has 1 aromatic carbocycles. The van der Waals surface area contributed by atoms with Crippen molar-refractivity contribution in [3.8, 4) is 23.0 Å². The molecule has 204 valence electrons. The van der Waals surface area contributed by atoms with Crippen LogP contribution in [0.3, 0.4) is 0 Å². The normalized spacial score (nSPS) is 23.5. The van der Waals surface area contributed by atoms with Crippen LogP contribution in [-0.4, -0.2) is 75.4 Å². The summed E-state index contributed by atoms with van der Waals surface area (Å²) in [4.78, 5) is 18.8. The first kappa shape index (κ1) is 24.9. The molecule has 6 heterocycles. The van der Waals surface area contributed by atoms with E-state index in [9.17, 15) is 5.11 Å². The van der Waals surface area contributed by atoms with Crippen LogP contribution in [0.2, 0.25) is 0 Å². The maximum atomic E-state index is 16.4. The molecule has 39 heavy (non-hydrogen) atoms. The lowest BCUT2D eigenvalue weighted by atomic mass is 10.1. The second-order valence-electron chi connectivity index (χ2n) is 11.3. The molecular weight excluding hydrogens is 515 g/mol. The van der Waals surface area contributed by atoms with E-state index in [4.69, 9.17) is 9.72 Å². The van der Waals surface area contributed by atoms with Gasteiger partial charge in [0.2, 0.25) is 0 Å². The van der Waals surface area contributed by atoms with Crippen LogP contribution < -0.4 is 15.0 Å². The summed E-state index contributed by atoms with van der Waals surface area (Å²) in [6.07, 6.45) is 6.18. The second kappa shape index (κ2) is 9.83. The summed E-state index contributed by atoms with van der Waals surface area (Å²) in [6.45, 7) is 7.57. The highest BCUT2D eigenvalue weighted by molar-refractivity contribution is 7.17. The summed E-state index contributed by atoms with van der Waals surface area (Å²) in [5, 5.41) is 17.0. The Labute approximate surface area is 230 Å². The topological polar surface area (TPSA) is 86.6 Å². The van der Waals surface area contributed by atoms with Gasteiger partial charge < -0.3 is 20.1 Å². The number of fused-ring (bicyclic) bond motifs is 4. The van der Waals surface area contributed by atoms with Crippen LogP contribution in [-0.2, 0) is 0 Å². The van der Waals surface area contributed by atoms with E-state index in [0.29, 0.717) is 47.5 Å². The molecule has 3 aromatic heterocycles. The number of halogens is 1. The number of piperazine rings is 1. The van der Waals surface area contributed by atoms with Crippen LogP contribution in [0.15, 0.2) is 29.8 Å². The summed E-state index contributed by atoms with van der Waals surface area (Å²) in [5.41, 5.74) is 1.08. The monoisotopic (exact) mass is 548 g/mol. The molecule has 10 heteroatoms. The summed E-state index contributed by atoms with van der Waals surface area (Å²) >= 11 is 1.50. The first-order valence-electron chi connectivity index (χ1n) is 13.9. The van der Waals surface area contributed by atoms with Crippen molar-refractivity contribution in [2.75, 3.05) is 31.1 Å². The van der Waals surface area contributed by atoms with E-state index >= 15 is 4.39 Å². The number of nitrogens with one attached hydrogen (secondary N) is 1. The number of hydrogen-bond donors (Lipinski definition) is 2. The van der Waals surface area contributed by atoms with Gasteiger partial charge in [0.1, 0.15) is 29.4 Å². The number of aromatic hydroxyl groups is 1. The Morgan fingerprint density at radius 2 is 1.97 bits per heavy atom. The van der Waals surface area contributed by atoms with Gasteiger partial charge in [0.05, 0.1) is 5.39 Å². The predicted octanol–water partition coefficient (Wildman–Crippen LogP) is 4.94. The predicted molar refractivity (Wildman–Crippen MR) is 152 cm³/mol. The second-order valence-corrected chi connectivity index (χ2v) is 12.2. The summed E-state index contributed by atoms with van der Waals surface area (Å²) in [5.74, 6) is 0.331. The summed E-state index contributed by atoms with van der Waals surface area (Å²) < 4.78 is 23.5. The summed E-state index contributed by atoms with van der Waals surface area (Å²) in [7, 11) is 0. The molecule has 0 saturated carbocycles. The molecule has 4 aromatic rings. The van der Waals surface area contributed by atoms with Crippen molar-refractivity contribution in [1.29, 1.82) is 0 Å². The van der Waals surface area contributed by atoms with Crippen LogP contribution in [0, 0.1) is 5.82 Å². The molecule has 0 spiro atoms. The van der Waals surface area contributed by atoms with Crippen LogP contribution in [0.4, 0.5) is 10.2 Å². The first-order valence-corrected chi connectivity index (χ1v) is 14.8. The third kappa shape index (κ3) is 4.48. The smallest absolute Gasteiger partial charge is 0.319 e. The number of phenolic OH excluding ortho intramolecular Hbond substituents is 1. The van der Waals surface area contributed by atoms with Gasteiger partial charge in [-0.2, -0.15) is 9.97 Å². The van der Waals surface area contributed by atoms with Crippen LogP contribution >= 0.6 is 11.3 Å². The average molecular weight is 549 g/mol. The minimum atomic E-state index is -0.494. The molecule has 8 nitrogen and oxygen atoms in total. The molecule has 0 amide bonds. The van der Waals surface area contributed by atoms with Crippen molar-refractivity contribution in [2.45, 2.75) is 63.7 Å². The van der Waals surface area contributed by atoms with Crippen LogP contribution in [0.5, 0.6) is 11.8 Å². The third-order valence-electron chi connectivity index (χ3n) is 8.46. The molecule has 7 rings (SSSR count). The van der Waals surface area contributed by atoms with Gasteiger partial charge in [0.25, 0.3) is 0 Å². The Hall–Kier alpha value is -3.08. The number of benzene rings is 1. The van der Waals surface area contributed by atoms with Crippen molar-refractivity contribution in [3.63, 3.8) is 0 Å². The van der Waals surface area contributed by atoms with E-state index in [1.54, 1.807) is 18.3 Å². The Morgan fingerprint density at radius 1 is 1.15 bits per heavy atom. The van der Waals surface area contributed by atoms with Crippen molar-refractivity contribution in [1.82, 2.24) is 25.2 Å². The minimum absolute atomic E-state index is 0.138. The number of ether oxygens (including phenoxy) is 1. The highest BCUT2D eigenvalue weighted by Gasteiger charge is 2.34. The van der Waals surface area contributed by atoms with Gasteiger partial charge in [0.15, 0.2) is 5.82 Å². The van der Waals surface area contributed by atoms with E-state index in [-0.39, 0.29) is 23.0 Å². The van der Waals surface area contributed by atoms with E-state index in [0.717, 1.165) is 55.4 Å². The molecule has 3 aliphatic rings. The van der Waals surface area contributed by atoms with Gasteiger partial charge in [-0.15, -0.1) is 11.3 Å². The number of nitrogens with zero attached hydrogens (tertiary/aromatic N) is 5. The number of anilines is 1. The lowest BCUT2D eigenvalue weighted by Gasteiger charge is -2.34. The third-order valence-corrected chi connectivity index (χ3v) is 9.43. The maximum absolute atomic E-state index is 16.4. The van der Waals surface area contributed by atoms with Gasteiger partial charge in [0, 0.05) is 64.5 Å². The molecular formula is C29H33FN6O2S. The molecule has 2 unspecified atom stereocenters. The van der Waals surface area contributed by atoms with Crippen molar-refractivity contribution in [3.05, 3.63) is 35.6 Å². The molecule has 3 atom stereocenters. The fourth-order valence-electron chi connectivity index (χ4n) is 6.57. The zero-order valence-electron chi connectivity index (χ0n) is 22.2. The van der Waals surface area contributed by atoms with Gasteiger partial charge in [-0.05, 0) is 64.3 Å². The SMILES string of the molecule is CC(C)N1CCC[C@H]1COc1nc(N2CC3CCC(C2)N3)c2cnc(-c3csc4ccc(O)cc34)c(F)c2n1. The standard InChI is InChI=1S/C29H33FN6O2S/c1-16(2)36-9-3-4-19(36)14-38-29-33-27-22(28(34-29)35-12-17-5-6-18(13-35)32-17)11-31-26(25(27)30)23-15-39-24-8-7-20(37)10-21(23)24/h7-8,10-11,15-19,32,37H,3-6,9,12-14H2,1-2H3/t17?,18?,19-/m0/s1. The van der Waals surface area contributed by atoms with Crippen molar-refractivity contribution < 1.29 is 14.2 Å². The summed E-state index contributed by atoms with van der Waals surface area (Å²) in [6, 6.07) is 6.89. The van der Waals surface area contributed by atoms with E-state index in [1.165, 1.54) is 11.3 Å². The zero-order valence-corrected chi connectivity index (χ0v) is 23.0. The number of rotatable bonds is 6. The quantitative estimate of drug-likeness (QED) is 0.350. The number of pyridine rings is 1. The number of phenols is 1. The van der Waals surface area contributed by atoms with Gasteiger partial charge in [-0.1, -0.05) is 0 Å². The molecule has 3 fully saturated rings. The largest absolute Gasteiger partial charge is 0.508 e. The van der Waals surface area contributed by atoms with Crippen LogP contribution in [0.1, 0.15) is 39.5 Å². The highest BCUT2D eigenvalue weighted by Crippen LogP contribution is 2.39. The van der Waals surface area contributed by atoms with E-state index in [1.807, 2.05) is 11.4 Å². The highest BCUT2D eigenvalue weighted by atomic mass is 32.1. The Balaban J connectivity index is 1.31. The van der Waals surface area contributed by atoms with E-state index < -0.39 is 5.82 Å². The molecule has 2 N–H and O–H groups in total. The Kier molecular flexibility index (Phi) is 6.28. The lowest BCUT2D eigenvalue weighted by molar-refractivity contribution is 0.138. The van der Waals surface area contributed by atoms with E-state index in [2.05, 4.69) is 38.9 Å². The maximum Gasteiger partial charge on any atom is 0.319 e. The first-order chi connectivity index (χ1) is 18.9. The number of aromatic nitrogens is 3. The lowest BCUT2D eigenvalue weighted by Crippen LogP contribution is -2.51. The van der Waals surface area contributed by atoms with Crippen molar-refractivity contribution >= 4 is 38.1 Å². The molecule has 3 aliphatic heterocycles. The number of hydrogen-bond acceptors (Lipinski definition) is 9. The van der Waals surface area contributed by atoms with Gasteiger partial charge in [-0.25, -0.2) is 4.39 Å².